The average molecular weight is 527 g/mol. The van der Waals surface area contributed by atoms with Gasteiger partial charge in [-0.3, -0.25) is 9.78 Å². The van der Waals surface area contributed by atoms with Crippen molar-refractivity contribution in [3.05, 3.63) is 113 Å². The lowest BCUT2D eigenvalue weighted by Gasteiger charge is -2.16. The predicted octanol–water partition coefficient (Wildman–Crippen LogP) is 5.48. The fraction of sp³-hybridized carbons (Fsp3) is 0.138. The van der Waals surface area contributed by atoms with Crippen LogP contribution in [0, 0.1) is 13.8 Å². The molecule has 5 aromatic rings. The van der Waals surface area contributed by atoms with Crippen LogP contribution in [0.1, 0.15) is 32.9 Å². The lowest BCUT2D eigenvalue weighted by molar-refractivity contribution is 0.0950. The third kappa shape index (κ3) is 6.04. The van der Waals surface area contributed by atoms with Gasteiger partial charge in [0.05, 0.1) is 0 Å². The van der Waals surface area contributed by atoms with Gasteiger partial charge < -0.3 is 10.1 Å². The highest BCUT2D eigenvalue weighted by atomic mass is 35.5. The monoisotopic (exact) mass is 526 g/mol. The number of nitrogens with zero attached hydrogens (tertiary/aromatic N) is 4. The van der Waals surface area contributed by atoms with Crippen LogP contribution in [0.15, 0.2) is 84.9 Å². The molecule has 0 unspecified atom stereocenters. The molecule has 0 radical (unpaired) electrons. The molecule has 2 N–H and O–H groups in total. The number of nitrogens with one attached hydrogen (secondary N) is 2. The molecule has 9 heteroatoms. The number of rotatable bonds is 8. The van der Waals surface area contributed by atoms with Gasteiger partial charge in [0.25, 0.3) is 5.91 Å². The minimum atomic E-state index is -0.136. The number of pyridine rings is 1. The van der Waals surface area contributed by atoms with Crippen LogP contribution in [0.25, 0.3) is 22.5 Å². The zero-order valence-corrected chi connectivity index (χ0v) is 21.8. The minimum absolute atomic E-state index is 0. The first kappa shape index (κ1) is 26.5. The van der Waals surface area contributed by atoms with Crippen LogP contribution in [0.5, 0.6) is 5.75 Å². The standard InChI is InChI=1S/C29H26N6O2.ClH/c1-19-16-27(26(20(2)31-19)17-30-29(36)23-8-4-3-5-9-23)37-18-21-12-14-22(15-13-21)24-10-6-7-11-25(24)28-32-34-35-33-28;/h3-16H,17-18H2,1-2H3,(H,30,36)(H,32,33,34,35);1H. The zero-order valence-electron chi connectivity index (χ0n) is 21.0. The van der Waals surface area contributed by atoms with Crippen LogP contribution in [0.4, 0.5) is 0 Å². The first-order valence-electron chi connectivity index (χ1n) is 11.9. The van der Waals surface area contributed by atoms with Gasteiger partial charge in [-0.1, -0.05) is 66.7 Å². The van der Waals surface area contributed by atoms with E-state index in [0.717, 1.165) is 39.2 Å². The van der Waals surface area contributed by atoms with Crippen molar-refractivity contribution in [1.82, 2.24) is 30.9 Å². The van der Waals surface area contributed by atoms with Gasteiger partial charge in [-0.25, -0.2) is 0 Å². The Morgan fingerprint density at radius 1 is 0.921 bits per heavy atom. The van der Waals surface area contributed by atoms with Gasteiger partial charge in [-0.15, -0.1) is 22.6 Å². The lowest BCUT2D eigenvalue weighted by Crippen LogP contribution is -2.23. The van der Waals surface area contributed by atoms with E-state index in [1.54, 1.807) is 12.1 Å². The van der Waals surface area contributed by atoms with E-state index in [0.29, 0.717) is 30.3 Å². The van der Waals surface area contributed by atoms with Crippen molar-refractivity contribution in [3.63, 3.8) is 0 Å². The summed E-state index contributed by atoms with van der Waals surface area (Å²) in [6.07, 6.45) is 0. The van der Waals surface area contributed by atoms with Gasteiger partial charge in [-0.2, -0.15) is 5.21 Å². The number of amides is 1. The maximum Gasteiger partial charge on any atom is 0.251 e. The summed E-state index contributed by atoms with van der Waals surface area (Å²) in [4.78, 5) is 17.1. The largest absolute Gasteiger partial charge is 0.488 e. The molecule has 0 fully saturated rings. The van der Waals surface area contributed by atoms with Gasteiger partial charge >= 0.3 is 0 Å². The molecule has 38 heavy (non-hydrogen) atoms. The second-order valence-corrected chi connectivity index (χ2v) is 8.64. The Balaban J connectivity index is 0.00000336. The normalized spacial score (nSPS) is 10.5. The number of carbonyl (C=O) groups excluding carboxylic acids is 1. The van der Waals surface area contributed by atoms with Gasteiger partial charge in [0.15, 0.2) is 0 Å². The molecule has 5 rings (SSSR count). The van der Waals surface area contributed by atoms with Crippen LogP contribution in [0.2, 0.25) is 0 Å². The summed E-state index contributed by atoms with van der Waals surface area (Å²) in [5.74, 6) is 1.13. The van der Waals surface area contributed by atoms with E-state index in [1.807, 2.05) is 74.5 Å². The molecule has 0 bridgehead atoms. The van der Waals surface area contributed by atoms with E-state index < -0.39 is 0 Å². The van der Waals surface area contributed by atoms with Crippen molar-refractivity contribution < 1.29 is 9.53 Å². The topological polar surface area (TPSA) is 106 Å². The molecule has 0 spiro atoms. The summed E-state index contributed by atoms with van der Waals surface area (Å²) in [7, 11) is 0. The molecule has 0 aliphatic heterocycles. The molecule has 2 aromatic heterocycles. The Hall–Kier alpha value is -4.56. The van der Waals surface area contributed by atoms with E-state index in [1.165, 1.54) is 0 Å². The first-order valence-corrected chi connectivity index (χ1v) is 11.9. The molecule has 0 saturated heterocycles. The van der Waals surface area contributed by atoms with E-state index in [-0.39, 0.29) is 18.3 Å². The number of benzene rings is 3. The summed E-state index contributed by atoms with van der Waals surface area (Å²) < 4.78 is 6.23. The van der Waals surface area contributed by atoms with Crippen molar-refractivity contribution in [2.45, 2.75) is 27.0 Å². The highest BCUT2D eigenvalue weighted by molar-refractivity contribution is 5.94. The van der Waals surface area contributed by atoms with Crippen LogP contribution >= 0.6 is 12.4 Å². The van der Waals surface area contributed by atoms with Crippen molar-refractivity contribution in [1.29, 1.82) is 0 Å². The third-order valence-electron chi connectivity index (χ3n) is 6.05. The van der Waals surface area contributed by atoms with Crippen molar-refractivity contribution in [3.8, 4) is 28.3 Å². The molecule has 0 aliphatic rings. The number of tetrazole rings is 1. The molecule has 8 nitrogen and oxygen atoms in total. The van der Waals surface area contributed by atoms with Crippen molar-refractivity contribution >= 4 is 18.3 Å². The lowest BCUT2D eigenvalue weighted by atomic mass is 9.98. The Morgan fingerprint density at radius 2 is 1.63 bits per heavy atom. The second-order valence-electron chi connectivity index (χ2n) is 8.64. The number of aromatic nitrogens is 5. The van der Waals surface area contributed by atoms with Crippen LogP contribution in [-0.2, 0) is 13.2 Å². The SMILES string of the molecule is Cc1cc(OCc2ccc(-c3ccccc3-c3nn[nH]n3)cc2)c(CNC(=O)c2ccccc2)c(C)n1.Cl. The molecule has 1 amide bonds. The molecule has 192 valence electrons. The van der Waals surface area contributed by atoms with Crippen LogP contribution in [-0.4, -0.2) is 31.5 Å². The van der Waals surface area contributed by atoms with Gasteiger partial charge in [0.2, 0.25) is 5.82 Å². The number of hydrogen-bond donors (Lipinski definition) is 2. The summed E-state index contributed by atoms with van der Waals surface area (Å²) in [5.41, 5.74) is 7.16. The smallest absolute Gasteiger partial charge is 0.251 e. The Bertz CT molecular complexity index is 1510. The number of hydrogen-bond acceptors (Lipinski definition) is 6. The molecule has 0 atom stereocenters. The molecular weight excluding hydrogens is 500 g/mol. The zero-order chi connectivity index (χ0) is 25.6. The summed E-state index contributed by atoms with van der Waals surface area (Å²) >= 11 is 0. The quantitative estimate of drug-likeness (QED) is 0.277. The number of aryl methyl sites for hydroxylation is 2. The Kier molecular flexibility index (Phi) is 8.45. The molecule has 2 heterocycles. The third-order valence-corrected chi connectivity index (χ3v) is 6.05. The average Bonchev–Trinajstić information content (AvgIpc) is 3.47. The van der Waals surface area contributed by atoms with Crippen molar-refractivity contribution in [2.75, 3.05) is 0 Å². The number of aromatic amines is 1. The molecule has 3 aromatic carbocycles. The summed E-state index contributed by atoms with van der Waals surface area (Å²) in [6.45, 7) is 4.57. The van der Waals surface area contributed by atoms with E-state index in [2.05, 4.69) is 43.1 Å². The maximum atomic E-state index is 12.5. The van der Waals surface area contributed by atoms with E-state index in [9.17, 15) is 4.79 Å². The Morgan fingerprint density at radius 3 is 2.34 bits per heavy atom. The van der Waals surface area contributed by atoms with Gasteiger partial charge in [0.1, 0.15) is 12.4 Å². The maximum absolute atomic E-state index is 12.5. The first-order chi connectivity index (χ1) is 18.1. The van der Waals surface area contributed by atoms with E-state index >= 15 is 0 Å². The summed E-state index contributed by atoms with van der Waals surface area (Å²) in [5, 5.41) is 17.4. The molecule has 0 aliphatic carbocycles. The highest BCUT2D eigenvalue weighted by Gasteiger charge is 2.14. The summed E-state index contributed by atoms with van der Waals surface area (Å²) in [6, 6.07) is 27.2. The second kappa shape index (κ2) is 12.1. The van der Waals surface area contributed by atoms with Gasteiger partial charge in [0, 0.05) is 40.7 Å². The predicted molar refractivity (Wildman–Crippen MR) is 148 cm³/mol. The highest BCUT2D eigenvalue weighted by Crippen LogP contribution is 2.30. The van der Waals surface area contributed by atoms with Crippen LogP contribution in [0.3, 0.4) is 0 Å². The number of ether oxygens (including phenoxy) is 1. The number of carbonyl (C=O) groups is 1. The number of H-pyrrole nitrogens is 1. The van der Waals surface area contributed by atoms with Gasteiger partial charge in [-0.05, 0) is 47.9 Å². The Labute approximate surface area is 226 Å². The van der Waals surface area contributed by atoms with Crippen LogP contribution < -0.4 is 10.1 Å². The fourth-order valence-corrected chi connectivity index (χ4v) is 4.17. The minimum Gasteiger partial charge on any atom is -0.488 e. The van der Waals surface area contributed by atoms with E-state index in [4.69, 9.17) is 4.74 Å². The molecular formula is C29H27ClN6O2. The number of halogens is 1. The molecule has 0 saturated carbocycles. The van der Waals surface area contributed by atoms with Crippen molar-refractivity contribution in [2.24, 2.45) is 0 Å². The fourth-order valence-electron chi connectivity index (χ4n) is 4.17.